The van der Waals surface area contributed by atoms with Gasteiger partial charge in [0.2, 0.25) is 5.91 Å². The standard InChI is InChI=1S/C18H24N2O3S2/c19-18(22)23-10-4-2-1-3-9-17(21)20(13-15-7-5-11-24-15)14-16-8-6-12-25-16/h5-8,11-12H,1-4,9-10,13-14H2,(H2,19,22). The van der Waals surface area contributed by atoms with Crippen LogP contribution < -0.4 is 5.73 Å². The first-order valence-electron chi connectivity index (χ1n) is 8.40. The summed E-state index contributed by atoms with van der Waals surface area (Å²) >= 11 is 3.36. The van der Waals surface area contributed by atoms with E-state index in [4.69, 9.17) is 10.5 Å². The van der Waals surface area contributed by atoms with E-state index in [9.17, 15) is 9.59 Å². The Labute approximate surface area is 156 Å². The van der Waals surface area contributed by atoms with Crippen LogP contribution in [0.2, 0.25) is 0 Å². The zero-order valence-corrected chi connectivity index (χ0v) is 15.8. The fourth-order valence-corrected chi connectivity index (χ4v) is 3.92. The fraction of sp³-hybridized carbons (Fsp3) is 0.444. The number of ether oxygens (including phenoxy) is 1. The molecule has 2 rings (SSSR count). The van der Waals surface area contributed by atoms with Gasteiger partial charge in [-0.15, -0.1) is 22.7 Å². The molecule has 5 nitrogen and oxygen atoms in total. The molecule has 136 valence electrons. The average molecular weight is 381 g/mol. The lowest BCUT2D eigenvalue weighted by molar-refractivity contribution is -0.132. The lowest BCUT2D eigenvalue weighted by Crippen LogP contribution is -2.29. The minimum Gasteiger partial charge on any atom is -0.450 e. The third kappa shape index (κ3) is 7.70. The van der Waals surface area contributed by atoms with E-state index in [0.717, 1.165) is 25.7 Å². The molecule has 0 saturated carbocycles. The Hall–Kier alpha value is -1.86. The van der Waals surface area contributed by atoms with Crippen LogP contribution in [0.5, 0.6) is 0 Å². The summed E-state index contributed by atoms with van der Waals surface area (Å²) in [6.45, 7) is 1.69. The summed E-state index contributed by atoms with van der Waals surface area (Å²) in [6, 6.07) is 8.17. The van der Waals surface area contributed by atoms with E-state index in [2.05, 4.69) is 12.1 Å². The maximum atomic E-state index is 12.6. The normalized spacial score (nSPS) is 10.6. The average Bonchev–Trinajstić information content (AvgIpc) is 3.26. The minimum absolute atomic E-state index is 0.190. The molecule has 2 N–H and O–H groups in total. The molecular formula is C18H24N2O3S2. The molecule has 2 aromatic heterocycles. The molecule has 0 aliphatic rings. The van der Waals surface area contributed by atoms with Crippen LogP contribution in [0.1, 0.15) is 41.9 Å². The summed E-state index contributed by atoms with van der Waals surface area (Å²) in [4.78, 5) is 27.4. The van der Waals surface area contributed by atoms with Gasteiger partial charge in [-0.1, -0.05) is 25.0 Å². The van der Waals surface area contributed by atoms with Crippen molar-refractivity contribution in [3.05, 3.63) is 44.8 Å². The van der Waals surface area contributed by atoms with Gasteiger partial charge in [-0.25, -0.2) is 4.79 Å². The van der Waals surface area contributed by atoms with Crippen LogP contribution in [0.25, 0.3) is 0 Å². The van der Waals surface area contributed by atoms with Crippen LogP contribution in [-0.4, -0.2) is 23.5 Å². The highest BCUT2D eigenvalue weighted by atomic mass is 32.1. The van der Waals surface area contributed by atoms with Crippen molar-refractivity contribution in [2.45, 2.75) is 45.2 Å². The Bertz CT molecular complexity index is 591. The maximum Gasteiger partial charge on any atom is 0.404 e. The molecule has 2 aromatic rings. The number of amides is 2. The molecule has 0 aliphatic heterocycles. The predicted octanol–water partition coefficient (Wildman–Crippen LogP) is 4.38. The number of nitrogens with two attached hydrogens (primary N) is 1. The van der Waals surface area contributed by atoms with Gasteiger partial charge in [0.1, 0.15) is 0 Å². The highest BCUT2D eigenvalue weighted by Gasteiger charge is 2.15. The number of rotatable bonds is 11. The van der Waals surface area contributed by atoms with E-state index in [0.29, 0.717) is 26.1 Å². The van der Waals surface area contributed by atoms with Gasteiger partial charge < -0.3 is 15.4 Å². The fourth-order valence-electron chi connectivity index (χ4n) is 2.48. The Morgan fingerprint density at radius 1 is 0.960 bits per heavy atom. The van der Waals surface area contributed by atoms with Gasteiger partial charge in [-0.05, 0) is 35.7 Å². The Balaban J connectivity index is 1.74. The van der Waals surface area contributed by atoms with Crippen molar-refractivity contribution in [1.82, 2.24) is 4.90 Å². The second-order valence-corrected chi connectivity index (χ2v) is 7.80. The van der Waals surface area contributed by atoms with Crippen molar-refractivity contribution in [2.24, 2.45) is 5.73 Å². The number of hydrogen-bond acceptors (Lipinski definition) is 5. The van der Waals surface area contributed by atoms with E-state index in [1.54, 1.807) is 22.7 Å². The van der Waals surface area contributed by atoms with Gasteiger partial charge in [0, 0.05) is 16.2 Å². The first kappa shape index (κ1) is 19.5. The molecule has 0 radical (unpaired) electrons. The van der Waals surface area contributed by atoms with Crippen molar-refractivity contribution in [3.8, 4) is 0 Å². The van der Waals surface area contributed by atoms with Crippen molar-refractivity contribution in [1.29, 1.82) is 0 Å². The molecule has 0 fully saturated rings. The van der Waals surface area contributed by atoms with Crippen LogP contribution in [0.4, 0.5) is 4.79 Å². The Morgan fingerprint density at radius 3 is 2.08 bits per heavy atom. The van der Waals surface area contributed by atoms with Crippen LogP contribution in [0.3, 0.4) is 0 Å². The first-order valence-corrected chi connectivity index (χ1v) is 10.2. The number of carbonyl (C=O) groups is 2. The van der Waals surface area contributed by atoms with Gasteiger partial charge in [0.15, 0.2) is 0 Å². The Morgan fingerprint density at radius 2 is 1.56 bits per heavy atom. The lowest BCUT2D eigenvalue weighted by atomic mass is 10.1. The van der Waals surface area contributed by atoms with E-state index in [1.165, 1.54) is 9.75 Å². The molecule has 0 bridgehead atoms. The summed E-state index contributed by atoms with van der Waals surface area (Å²) in [7, 11) is 0. The van der Waals surface area contributed by atoms with E-state index in [-0.39, 0.29) is 5.91 Å². The van der Waals surface area contributed by atoms with Gasteiger partial charge in [-0.2, -0.15) is 0 Å². The quantitative estimate of drug-likeness (QED) is 0.588. The third-order valence-corrected chi connectivity index (χ3v) is 5.46. The number of thiophene rings is 2. The molecule has 0 unspecified atom stereocenters. The molecule has 0 spiro atoms. The van der Waals surface area contributed by atoms with Crippen LogP contribution in [-0.2, 0) is 22.6 Å². The predicted molar refractivity (Wildman–Crippen MR) is 102 cm³/mol. The summed E-state index contributed by atoms with van der Waals surface area (Å²) in [5.74, 6) is 0.190. The van der Waals surface area contributed by atoms with Crippen LogP contribution in [0.15, 0.2) is 35.0 Å². The monoisotopic (exact) mass is 380 g/mol. The van der Waals surface area contributed by atoms with E-state index < -0.39 is 6.09 Å². The number of unbranched alkanes of at least 4 members (excludes halogenated alkanes) is 3. The van der Waals surface area contributed by atoms with Crippen LogP contribution in [0, 0.1) is 0 Å². The van der Waals surface area contributed by atoms with Gasteiger partial charge in [-0.3, -0.25) is 4.79 Å². The number of carbonyl (C=O) groups excluding carboxylic acids is 2. The molecule has 0 aromatic carbocycles. The molecule has 25 heavy (non-hydrogen) atoms. The highest BCUT2D eigenvalue weighted by molar-refractivity contribution is 7.10. The minimum atomic E-state index is -0.729. The second-order valence-electron chi connectivity index (χ2n) is 5.74. The molecule has 0 atom stereocenters. The summed E-state index contributed by atoms with van der Waals surface area (Å²) in [5.41, 5.74) is 4.91. The van der Waals surface area contributed by atoms with Gasteiger partial charge in [0.25, 0.3) is 0 Å². The van der Waals surface area contributed by atoms with E-state index >= 15 is 0 Å². The zero-order chi connectivity index (χ0) is 17.9. The van der Waals surface area contributed by atoms with Gasteiger partial charge >= 0.3 is 6.09 Å². The highest BCUT2D eigenvalue weighted by Crippen LogP contribution is 2.18. The Kier molecular flexibility index (Phi) is 8.48. The number of hydrogen-bond donors (Lipinski definition) is 1. The SMILES string of the molecule is NC(=O)OCCCCCCC(=O)N(Cc1cccs1)Cc1cccs1. The molecule has 2 amide bonds. The van der Waals surface area contributed by atoms with Crippen molar-refractivity contribution in [3.63, 3.8) is 0 Å². The van der Waals surface area contributed by atoms with Crippen molar-refractivity contribution < 1.29 is 14.3 Å². The van der Waals surface area contributed by atoms with Crippen molar-refractivity contribution >= 4 is 34.7 Å². The third-order valence-electron chi connectivity index (χ3n) is 3.74. The number of nitrogens with zero attached hydrogens (tertiary/aromatic N) is 1. The molecule has 0 saturated heterocycles. The topological polar surface area (TPSA) is 72.6 Å². The lowest BCUT2D eigenvalue weighted by Gasteiger charge is -2.21. The molecular weight excluding hydrogens is 356 g/mol. The zero-order valence-electron chi connectivity index (χ0n) is 14.2. The summed E-state index contributed by atoms with van der Waals surface area (Å²) < 4.78 is 4.69. The largest absolute Gasteiger partial charge is 0.450 e. The summed E-state index contributed by atoms with van der Waals surface area (Å²) in [5, 5.41) is 4.08. The summed E-state index contributed by atoms with van der Waals surface area (Å²) in [6.07, 6.45) is 3.32. The maximum absolute atomic E-state index is 12.6. The smallest absolute Gasteiger partial charge is 0.404 e. The van der Waals surface area contributed by atoms with Crippen molar-refractivity contribution in [2.75, 3.05) is 6.61 Å². The first-order chi connectivity index (χ1) is 12.1. The van der Waals surface area contributed by atoms with E-state index in [1.807, 2.05) is 27.8 Å². The molecule has 7 heteroatoms. The second kappa shape index (κ2) is 10.9. The molecule has 2 heterocycles. The van der Waals surface area contributed by atoms with Gasteiger partial charge in [0.05, 0.1) is 19.7 Å². The number of primary amides is 1. The molecule has 0 aliphatic carbocycles. The van der Waals surface area contributed by atoms with Crippen LogP contribution >= 0.6 is 22.7 Å².